The largest absolute Gasteiger partial charge is 0.352 e. The maximum Gasteiger partial charge on any atom is 0.251 e. The Bertz CT molecular complexity index is 919. The second kappa shape index (κ2) is 8.80. The fourth-order valence-corrected chi connectivity index (χ4v) is 4.97. The first kappa shape index (κ1) is 20.4. The second-order valence-electron chi connectivity index (χ2n) is 6.37. The molecule has 1 aliphatic heterocycles. The molecular formula is C18H22N4O4S2. The minimum absolute atomic E-state index is 0.0535. The van der Waals surface area contributed by atoms with Gasteiger partial charge < -0.3 is 10.2 Å². The minimum atomic E-state index is -3.64. The molecule has 0 radical (unpaired) electrons. The lowest BCUT2D eigenvalue weighted by Crippen LogP contribution is -2.49. The number of nitrogens with one attached hydrogen (secondary N) is 1. The van der Waals surface area contributed by atoms with E-state index in [1.54, 1.807) is 11.1 Å². The van der Waals surface area contributed by atoms with Crippen LogP contribution in [0.2, 0.25) is 0 Å². The van der Waals surface area contributed by atoms with E-state index in [4.69, 9.17) is 0 Å². The monoisotopic (exact) mass is 422 g/mol. The van der Waals surface area contributed by atoms with Crippen molar-refractivity contribution in [2.24, 2.45) is 0 Å². The maximum absolute atomic E-state index is 12.8. The zero-order chi connectivity index (χ0) is 20.1. The van der Waals surface area contributed by atoms with E-state index in [-0.39, 0.29) is 29.8 Å². The van der Waals surface area contributed by atoms with Crippen molar-refractivity contribution < 1.29 is 18.0 Å². The molecule has 0 atom stereocenters. The number of carbonyl (C=O) groups is 2. The van der Waals surface area contributed by atoms with Crippen LogP contribution < -0.4 is 5.32 Å². The standard InChI is InChI=1S/C18H22N4O4S2/c1-14(23)21-9-11-22(12-10-21)28(25,26)16-4-2-15(3-5-16)18(24)20-7-6-17-19-8-13-27-17/h2-5,8,13H,6-7,9-12H2,1H3,(H,20,24). The van der Waals surface area contributed by atoms with Crippen LogP contribution in [0.3, 0.4) is 0 Å². The molecule has 2 aromatic rings. The predicted molar refractivity (Wildman–Crippen MR) is 106 cm³/mol. The van der Waals surface area contributed by atoms with Crippen molar-refractivity contribution in [2.75, 3.05) is 32.7 Å². The lowest BCUT2D eigenvalue weighted by atomic mass is 10.2. The summed E-state index contributed by atoms with van der Waals surface area (Å²) in [5.41, 5.74) is 0.402. The highest BCUT2D eigenvalue weighted by atomic mass is 32.2. The normalized spacial score (nSPS) is 15.4. The number of aromatic nitrogens is 1. The lowest BCUT2D eigenvalue weighted by Gasteiger charge is -2.33. The molecule has 150 valence electrons. The summed E-state index contributed by atoms with van der Waals surface area (Å²) in [5, 5.41) is 5.64. The Morgan fingerprint density at radius 1 is 1.14 bits per heavy atom. The van der Waals surface area contributed by atoms with Gasteiger partial charge in [0.25, 0.3) is 5.91 Å². The zero-order valence-electron chi connectivity index (χ0n) is 15.5. The van der Waals surface area contributed by atoms with Crippen LogP contribution in [0.25, 0.3) is 0 Å². The average Bonchev–Trinajstić information content (AvgIpc) is 3.21. The molecule has 2 amide bonds. The predicted octanol–water partition coefficient (Wildman–Crippen LogP) is 0.968. The number of sulfonamides is 1. The number of piperazine rings is 1. The molecule has 8 nitrogen and oxygen atoms in total. The summed E-state index contributed by atoms with van der Waals surface area (Å²) in [6, 6.07) is 5.92. The molecule has 10 heteroatoms. The maximum atomic E-state index is 12.8. The third-order valence-corrected chi connectivity index (χ3v) is 7.30. The van der Waals surface area contributed by atoms with Crippen molar-refractivity contribution in [2.45, 2.75) is 18.2 Å². The topological polar surface area (TPSA) is 99.7 Å². The van der Waals surface area contributed by atoms with Gasteiger partial charge in [0, 0.05) is 63.2 Å². The molecule has 3 rings (SSSR count). The molecule has 0 aliphatic carbocycles. The summed E-state index contributed by atoms with van der Waals surface area (Å²) < 4.78 is 26.9. The van der Waals surface area contributed by atoms with Gasteiger partial charge in [0.05, 0.1) is 9.90 Å². The van der Waals surface area contributed by atoms with E-state index < -0.39 is 10.0 Å². The van der Waals surface area contributed by atoms with Gasteiger partial charge >= 0.3 is 0 Å². The van der Waals surface area contributed by atoms with Crippen LogP contribution >= 0.6 is 11.3 Å². The van der Waals surface area contributed by atoms with Crippen molar-refractivity contribution in [1.29, 1.82) is 0 Å². The number of amides is 2. The highest BCUT2D eigenvalue weighted by molar-refractivity contribution is 7.89. The summed E-state index contributed by atoms with van der Waals surface area (Å²) in [4.78, 5) is 29.5. The van der Waals surface area contributed by atoms with E-state index in [0.717, 1.165) is 5.01 Å². The van der Waals surface area contributed by atoms with Gasteiger partial charge in [-0.25, -0.2) is 13.4 Å². The van der Waals surface area contributed by atoms with Crippen LogP contribution in [0, 0.1) is 0 Å². The number of benzene rings is 1. The van der Waals surface area contributed by atoms with Gasteiger partial charge in [-0.05, 0) is 24.3 Å². The van der Waals surface area contributed by atoms with Crippen LogP contribution in [0.1, 0.15) is 22.3 Å². The number of hydrogen-bond acceptors (Lipinski definition) is 6. The van der Waals surface area contributed by atoms with Crippen molar-refractivity contribution in [3.05, 3.63) is 46.4 Å². The fraction of sp³-hybridized carbons (Fsp3) is 0.389. The lowest BCUT2D eigenvalue weighted by molar-refractivity contribution is -0.129. The Labute approximate surface area is 168 Å². The summed E-state index contributed by atoms with van der Waals surface area (Å²) in [6.45, 7) is 3.24. The van der Waals surface area contributed by atoms with Crippen LogP contribution in [0.5, 0.6) is 0 Å². The molecule has 1 N–H and O–H groups in total. The first-order valence-corrected chi connectivity index (χ1v) is 11.2. The smallest absolute Gasteiger partial charge is 0.251 e. The highest BCUT2D eigenvalue weighted by Crippen LogP contribution is 2.18. The molecule has 1 saturated heterocycles. The average molecular weight is 423 g/mol. The van der Waals surface area contributed by atoms with E-state index >= 15 is 0 Å². The molecule has 1 aliphatic rings. The third kappa shape index (κ3) is 4.75. The quantitative estimate of drug-likeness (QED) is 0.748. The van der Waals surface area contributed by atoms with E-state index in [9.17, 15) is 18.0 Å². The summed E-state index contributed by atoms with van der Waals surface area (Å²) in [6.07, 6.45) is 2.38. The van der Waals surface area contributed by atoms with Crippen molar-refractivity contribution in [3.8, 4) is 0 Å². The Balaban J connectivity index is 1.58. The summed E-state index contributed by atoms with van der Waals surface area (Å²) in [7, 11) is -3.64. The van der Waals surface area contributed by atoms with Gasteiger partial charge in [-0.15, -0.1) is 11.3 Å². The van der Waals surface area contributed by atoms with Crippen molar-refractivity contribution in [1.82, 2.24) is 19.5 Å². The summed E-state index contributed by atoms with van der Waals surface area (Å²) in [5.74, 6) is -0.308. The van der Waals surface area contributed by atoms with Crippen LogP contribution in [0.15, 0.2) is 40.7 Å². The van der Waals surface area contributed by atoms with E-state index in [2.05, 4.69) is 10.3 Å². The number of hydrogen-bond donors (Lipinski definition) is 1. The van der Waals surface area contributed by atoms with E-state index in [0.29, 0.717) is 31.6 Å². The van der Waals surface area contributed by atoms with E-state index in [1.807, 2.05) is 5.38 Å². The van der Waals surface area contributed by atoms with Gasteiger partial charge in [-0.2, -0.15) is 4.31 Å². The molecular weight excluding hydrogens is 400 g/mol. The molecule has 0 spiro atoms. The van der Waals surface area contributed by atoms with Crippen molar-refractivity contribution >= 4 is 33.2 Å². The molecule has 2 heterocycles. The molecule has 1 fully saturated rings. The number of thiazole rings is 1. The molecule has 0 saturated carbocycles. The summed E-state index contributed by atoms with van der Waals surface area (Å²) >= 11 is 1.53. The number of carbonyl (C=O) groups excluding carboxylic acids is 2. The van der Waals surface area contributed by atoms with Gasteiger partial charge in [-0.1, -0.05) is 0 Å². The first-order valence-electron chi connectivity index (χ1n) is 8.90. The van der Waals surface area contributed by atoms with Gasteiger partial charge in [0.1, 0.15) is 0 Å². The number of rotatable bonds is 6. The van der Waals surface area contributed by atoms with Gasteiger partial charge in [0.2, 0.25) is 15.9 Å². The first-order chi connectivity index (χ1) is 13.4. The minimum Gasteiger partial charge on any atom is -0.352 e. The molecule has 0 bridgehead atoms. The Morgan fingerprint density at radius 2 is 1.82 bits per heavy atom. The van der Waals surface area contributed by atoms with Crippen LogP contribution in [-0.4, -0.2) is 67.1 Å². The SMILES string of the molecule is CC(=O)N1CCN(S(=O)(=O)c2ccc(C(=O)NCCc3nccs3)cc2)CC1. The van der Waals surface area contributed by atoms with Gasteiger partial charge in [0.15, 0.2) is 0 Å². The number of nitrogens with zero attached hydrogens (tertiary/aromatic N) is 3. The highest BCUT2D eigenvalue weighted by Gasteiger charge is 2.29. The Kier molecular flexibility index (Phi) is 6.42. The van der Waals surface area contributed by atoms with Gasteiger partial charge in [-0.3, -0.25) is 9.59 Å². The molecule has 0 unspecified atom stereocenters. The fourth-order valence-electron chi connectivity index (χ4n) is 2.93. The zero-order valence-corrected chi connectivity index (χ0v) is 17.1. The molecule has 28 heavy (non-hydrogen) atoms. The van der Waals surface area contributed by atoms with Crippen LogP contribution in [-0.2, 0) is 21.2 Å². The third-order valence-electron chi connectivity index (χ3n) is 4.55. The van der Waals surface area contributed by atoms with Crippen LogP contribution in [0.4, 0.5) is 0 Å². The Hall–Kier alpha value is -2.30. The van der Waals surface area contributed by atoms with E-state index in [1.165, 1.54) is 46.8 Å². The second-order valence-corrected chi connectivity index (χ2v) is 9.28. The van der Waals surface area contributed by atoms with Crippen molar-refractivity contribution in [3.63, 3.8) is 0 Å². The molecule has 1 aromatic heterocycles. The molecule has 1 aromatic carbocycles. The Morgan fingerprint density at radius 3 is 2.39 bits per heavy atom.